The van der Waals surface area contributed by atoms with Crippen LogP contribution in [0.1, 0.15) is 49.4 Å². The fourth-order valence-electron chi connectivity index (χ4n) is 3.06. The summed E-state index contributed by atoms with van der Waals surface area (Å²) in [5.41, 5.74) is 4.61. The molecule has 0 radical (unpaired) electrons. The summed E-state index contributed by atoms with van der Waals surface area (Å²) >= 11 is 0. The number of piperidine rings is 1. The SMILES string of the molecule is CNC1(C)CCN(C(C)c2cc(C)ccc2C)CC1. The van der Waals surface area contributed by atoms with Gasteiger partial charge in [-0.3, -0.25) is 4.90 Å². The van der Waals surface area contributed by atoms with Gasteiger partial charge in [0.05, 0.1) is 0 Å². The molecule has 1 heterocycles. The lowest BCUT2D eigenvalue weighted by molar-refractivity contribution is 0.117. The van der Waals surface area contributed by atoms with Crippen molar-refractivity contribution in [2.75, 3.05) is 20.1 Å². The van der Waals surface area contributed by atoms with Crippen molar-refractivity contribution in [3.63, 3.8) is 0 Å². The van der Waals surface area contributed by atoms with Gasteiger partial charge in [-0.1, -0.05) is 23.8 Å². The van der Waals surface area contributed by atoms with Gasteiger partial charge in [0.2, 0.25) is 0 Å². The second kappa shape index (κ2) is 5.64. The van der Waals surface area contributed by atoms with Gasteiger partial charge in [0.1, 0.15) is 0 Å². The molecule has 2 heteroatoms. The van der Waals surface area contributed by atoms with E-state index in [4.69, 9.17) is 0 Å². The van der Waals surface area contributed by atoms with Gasteiger partial charge in [-0.05, 0) is 58.7 Å². The first-order chi connectivity index (χ1) is 8.95. The van der Waals surface area contributed by atoms with Gasteiger partial charge < -0.3 is 5.32 Å². The smallest absolute Gasteiger partial charge is 0.0322 e. The molecule has 106 valence electrons. The number of aryl methyl sites for hydroxylation is 2. The predicted octanol–water partition coefficient (Wildman–Crippen LogP) is 3.44. The van der Waals surface area contributed by atoms with Crippen molar-refractivity contribution in [3.05, 3.63) is 34.9 Å². The first-order valence-electron chi connectivity index (χ1n) is 7.45. The molecule has 1 N–H and O–H groups in total. The fourth-order valence-corrected chi connectivity index (χ4v) is 3.06. The van der Waals surface area contributed by atoms with Crippen LogP contribution < -0.4 is 5.32 Å². The van der Waals surface area contributed by atoms with Crippen LogP contribution in [0.4, 0.5) is 0 Å². The van der Waals surface area contributed by atoms with E-state index in [-0.39, 0.29) is 0 Å². The molecular weight excluding hydrogens is 232 g/mol. The third-order valence-corrected chi connectivity index (χ3v) is 4.94. The maximum Gasteiger partial charge on any atom is 0.0322 e. The molecule has 0 bridgehead atoms. The van der Waals surface area contributed by atoms with Crippen molar-refractivity contribution >= 4 is 0 Å². The highest BCUT2D eigenvalue weighted by molar-refractivity contribution is 5.32. The van der Waals surface area contributed by atoms with Crippen molar-refractivity contribution in [2.24, 2.45) is 0 Å². The zero-order valence-corrected chi connectivity index (χ0v) is 13.1. The summed E-state index contributed by atoms with van der Waals surface area (Å²) in [6.07, 6.45) is 2.47. The van der Waals surface area contributed by atoms with Crippen molar-refractivity contribution < 1.29 is 0 Å². The van der Waals surface area contributed by atoms with E-state index in [9.17, 15) is 0 Å². The first-order valence-corrected chi connectivity index (χ1v) is 7.45. The molecule has 0 aliphatic carbocycles. The van der Waals surface area contributed by atoms with Crippen LogP contribution in [0.5, 0.6) is 0 Å². The number of hydrogen-bond donors (Lipinski definition) is 1. The highest BCUT2D eigenvalue weighted by atomic mass is 15.2. The Hall–Kier alpha value is -0.860. The molecule has 1 aliphatic rings. The van der Waals surface area contributed by atoms with Crippen LogP contribution in [-0.2, 0) is 0 Å². The van der Waals surface area contributed by atoms with Crippen LogP contribution in [-0.4, -0.2) is 30.6 Å². The van der Waals surface area contributed by atoms with Crippen molar-refractivity contribution in [1.29, 1.82) is 0 Å². The molecule has 0 spiro atoms. The van der Waals surface area contributed by atoms with Gasteiger partial charge in [0.25, 0.3) is 0 Å². The highest BCUT2D eigenvalue weighted by Crippen LogP contribution is 2.30. The summed E-state index contributed by atoms with van der Waals surface area (Å²) in [7, 11) is 2.09. The molecule has 1 saturated heterocycles. The second-order valence-corrected chi connectivity index (χ2v) is 6.38. The van der Waals surface area contributed by atoms with E-state index in [0.717, 1.165) is 0 Å². The quantitative estimate of drug-likeness (QED) is 0.895. The Morgan fingerprint density at radius 1 is 1.21 bits per heavy atom. The maximum absolute atomic E-state index is 3.47. The zero-order valence-electron chi connectivity index (χ0n) is 13.1. The molecule has 0 saturated carbocycles. The normalized spacial score (nSPS) is 21.3. The van der Waals surface area contributed by atoms with Crippen LogP contribution in [0.25, 0.3) is 0 Å². The summed E-state index contributed by atoms with van der Waals surface area (Å²) in [5.74, 6) is 0. The van der Waals surface area contributed by atoms with E-state index in [2.05, 4.69) is 63.2 Å². The molecule has 19 heavy (non-hydrogen) atoms. The van der Waals surface area contributed by atoms with E-state index in [1.54, 1.807) is 0 Å². The van der Waals surface area contributed by atoms with E-state index < -0.39 is 0 Å². The average Bonchev–Trinajstić information content (AvgIpc) is 2.42. The van der Waals surface area contributed by atoms with Crippen molar-refractivity contribution in [3.8, 4) is 0 Å². The third-order valence-electron chi connectivity index (χ3n) is 4.94. The summed E-state index contributed by atoms with van der Waals surface area (Å²) in [6, 6.07) is 7.34. The first kappa shape index (κ1) is 14.5. The van der Waals surface area contributed by atoms with Gasteiger partial charge in [-0.2, -0.15) is 0 Å². The number of benzene rings is 1. The second-order valence-electron chi connectivity index (χ2n) is 6.38. The third kappa shape index (κ3) is 3.18. The van der Waals surface area contributed by atoms with Crippen LogP contribution in [0, 0.1) is 13.8 Å². The summed E-state index contributed by atoms with van der Waals surface area (Å²) in [6.45, 7) is 11.5. The molecule has 1 aromatic rings. The fraction of sp³-hybridized carbons (Fsp3) is 0.647. The van der Waals surface area contributed by atoms with Gasteiger partial charge in [0, 0.05) is 24.7 Å². The number of likely N-dealkylation sites (tertiary alicyclic amines) is 1. The van der Waals surface area contributed by atoms with Crippen LogP contribution in [0.3, 0.4) is 0 Å². The summed E-state index contributed by atoms with van der Waals surface area (Å²) < 4.78 is 0. The van der Waals surface area contributed by atoms with Gasteiger partial charge >= 0.3 is 0 Å². The number of hydrogen-bond acceptors (Lipinski definition) is 2. The highest BCUT2D eigenvalue weighted by Gasteiger charge is 2.30. The van der Waals surface area contributed by atoms with Gasteiger partial charge in [-0.15, -0.1) is 0 Å². The molecule has 1 fully saturated rings. The minimum Gasteiger partial charge on any atom is -0.314 e. The Balaban J connectivity index is 2.09. The molecule has 1 aliphatic heterocycles. The molecule has 2 rings (SSSR count). The molecular formula is C17H28N2. The number of nitrogens with one attached hydrogen (secondary N) is 1. The molecule has 0 aromatic heterocycles. The van der Waals surface area contributed by atoms with Crippen LogP contribution in [0.2, 0.25) is 0 Å². The predicted molar refractivity (Wildman–Crippen MR) is 82.6 cm³/mol. The minimum atomic E-state index is 0.331. The largest absolute Gasteiger partial charge is 0.314 e. The lowest BCUT2D eigenvalue weighted by atomic mass is 9.88. The Morgan fingerprint density at radius 2 is 1.84 bits per heavy atom. The monoisotopic (exact) mass is 260 g/mol. The lowest BCUT2D eigenvalue weighted by Crippen LogP contribution is -2.50. The Bertz CT molecular complexity index is 431. The summed E-state index contributed by atoms with van der Waals surface area (Å²) in [5, 5.41) is 3.47. The molecule has 1 atom stereocenters. The van der Waals surface area contributed by atoms with Crippen LogP contribution in [0.15, 0.2) is 18.2 Å². The Labute approximate surface area is 118 Å². The van der Waals surface area contributed by atoms with Gasteiger partial charge in [-0.25, -0.2) is 0 Å². The number of nitrogens with zero attached hydrogens (tertiary/aromatic N) is 1. The van der Waals surface area contributed by atoms with E-state index in [1.807, 2.05) is 0 Å². The van der Waals surface area contributed by atoms with E-state index in [1.165, 1.54) is 42.6 Å². The van der Waals surface area contributed by atoms with E-state index in [0.29, 0.717) is 11.6 Å². The number of rotatable bonds is 3. The Morgan fingerprint density at radius 3 is 2.42 bits per heavy atom. The average molecular weight is 260 g/mol. The lowest BCUT2D eigenvalue weighted by Gasteiger charge is -2.42. The Kier molecular flexibility index (Phi) is 4.32. The van der Waals surface area contributed by atoms with Crippen molar-refractivity contribution in [2.45, 2.75) is 52.1 Å². The molecule has 1 unspecified atom stereocenters. The summed E-state index contributed by atoms with van der Waals surface area (Å²) in [4.78, 5) is 2.63. The van der Waals surface area contributed by atoms with E-state index >= 15 is 0 Å². The van der Waals surface area contributed by atoms with Gasteiger partial charge in [0.15, 0.2) is 0 Å². The maximum atomic E-state index is 3.47. The molecule has 1 aromatic carbocycles. The standard InChI is InChI=1S/C17H28N2/c1-13-6-7-14(2)16(12-13)15(3)19-10-8-17(4,18-5)9-11-19/h6-7,12,15,18H,8-11H2,1-5H3. The molecule has 2 nitrogen and oxygen atoms in total. The zero-order chi connectivity index (χ0) is 14.0. The molecule has 0 amide bonds. The van der Waals surface area contributed by atoms with Crippen LogP contribution >= 0.6 is 0 Å². The minimum absolute atomic E-state index is 0.331. The van der Waals surface area contributed by atoms with Crippen molar-refractivity contribution in [1.82, 2.24) is 10.2 Å². The topological polar surface area (TPSA) is 15.3 Å².